The number of aromatic nitrogens is 3. The molecule has 1 atom stereocenters. The molecule has 6 nitrogen and oxygen atoms in total. The number of rotatable bonds is 5. The van der Waals surface area contributed by atoms with E-state index >= 15 is 0 Å². The molecule has 4 rings (SSSR count). The third kappa shape index (κ3) is 3.71. The van der Waals surface area contributed by atoms with Gasteiger partial charge >= 0.3 is 0 Å². The predicted molar refractivity (Wildman–Crippen MR) is 110 cm³/mol. The minimum atomic E-state index is -0.286. The Bertz CT molecular complexity index is 972. The van der Waals surface area contributed by atoms with Crippen molar-refractivity contribution in [1.29, 1.82) is 0 Å². The molecule has 0 aliphatic carbocycles. The Morgan fingerprint density at radius 2 is 1.86 bits per heavy atom. The second-order valence-electron chi connectivity index (χ2n) is 6.97. The van der Waals surface area contributed by atoms with E-state index in [0.29, 0.717) is 18.2 Å². The van der Waals surface area contributed by atoms with Crippen molar-refractivity contribution in [3.05, 3.63) is 66.1 Å². The van der Waals surface area contributed by atoms with Crippen LogP contribution in [0.1, 0.15) is 24.6 Å². The predicted octanol–water partition coefficient (Wildman–Crippen LogP) is 3.63. The Labute approximate surface area is 164 Å². The second kappa shape index (κ2) is 7.76. The summed E-state index contributed by atoms with van der Waals surface area (Å²) >= 11 is 0. The first-order valence-corrected chi connectivity index (χ1v) is 9.57. The van der Waals surface area contributed by atoms with Crippen LogP contribution in [0.4, 0.5) is 11.5 Å². The van der Waals surface area contributed by atoms with Crippen LogP contribution < -0.4 is 10.2 Å². The fourth-order valence-electron chi connectivity index (χ4n) is 3.36. The topological polar surface area (TPSA) is 71.0 Å². The van der Waals surface area contributed by atoms with Crippen molar-refractivity contribution in [2.45, 2.75) is 32.7 Å². The zero-order valence-corrected chi connectivity index (χ0v) is 16.1. The molecule has 0 radical (unpaired) electrons. The third-order valence-electron chi connectivity index (χ3n) is 4.95. The van der Waals surface area contributed by atoms with Crippen LogP contribution in [0.25, 0.3) is 11.4 Å². The van der Waals surface area contributed by atoms with Crippen LogP contribution in [0.3, 0.4) is 0 Å². The van der Waals surface area contributed by atoms with Crippen molar-refractivity contribution in [2.75, 3.05) is 16.8 Å². The lowest BCUT2D eigenvalue weighted by Crippen LogP contribution is -2.33. The van der Waals surface area contributed by atoms with E-state index in [1.807, 2.05) is 54.3 Å². The van der Waals surface area contributed by atoms with Crippen molar-refractivity contribution < 1.29 is 4.79 Å². The standard InChI is InChI=1S/C22H23N5O/c1-3-17-14-20(26-21(24-17)16-8-11-23-12-9-16)25-19-10-13-27(22(19)28)18-6-4-15(2)5-7-18/h4-9,11-12,14,19H,3,10,13H2,1-2H3,(H,24,25,26). The first-order valence-electron chi connectivity index (χ1n) is 9.57. The highest BCUT2D eigenvalue weighted by atomic mass is 16.2. The molecular weight excluding hydrogens is 350 g/mol. The Morgan fingerprint density at radius 3 is 2.57 bits per heavy atom. The second-order valence-corrected chi connectivity index (χ2v) is 6.97. The van der Waals surface area contributed by atoms with Crippen LogP contribution in [0.2, 0.25) is 0 Å². The normalized spacial score (nSPS) is 16.4. The number of anilines is 2. The fraction of sp³-hybridized carbons (Fsp3) is 0.273. The van der Waals surface area contributed by atoms with Crippen LogP contribution in [0, 0.1) is 6.92 Å². The van der Waals surface area contributed by atoms with Crippen molar-refractivity contribution in [1.82, 2.24) is 15.0 Å². The van der Waals surface area contributed by atoms with Gasteiger partial charge in [0, 0.05) is 41.9 Å². The van der Waals surface area contributed by atoms with Gasteiger partial charge in [0.05, 0.1) is 0 Å². The maximum absolute atomic E-state index is 12.9. The van der Waals surface area contributed by atoms with Gasteiger partial charge in [0.2, 0.25) is 5.91 Å². The lowest BCUT2D eigenvalue weighted by Gasteiger charge is -2.18. The minimum Gasteiger partial charge on any atom is -0.358 e. The van der Waals surface area contributed by atoms with Crippen LogP contribution in [-0.4, -0.2) is 33.4 Å². The summed E-state index contributed by atoms with van der Waals surface area (Å²) in [6.07, 6.45) is 4.99. The van der Waals surface area contributed by atoms with E-state index in [1.165, 1.54) is 5.56 Å². The molecule has 1 fully saturated rings. The molecule has 6 heteroatoms. The highest BCUT2D eigenvalue weighted by Gasteiger charge is 2.32. The minimum absolute atomic E-state index is 0.0750. The largest absolute Gasteiger partial charge is 0.358 e. The van der Waals surface area contributed by atoms with Crippen molar-refractivity contribution in [2.24, 2.45) is 0 Å². The van der Waals surface area contributed by atoms with E-state index in [4.69, 9.17) is 0 Å². The highest BCUT2D eigenvalue weighted by Crippen LogP contribution is 2.25. The van der Waals surface area contributed by atoms with E-state index in [-0.39, 0.29) is 11.9 Å². The van der Waals surface area contributed by atoms with E-state index in [1.54, 1.807) is 12.4 Å². The summed E-state index contributed by atoms with van der Waals surface area (Å²) in [7, 11) is 0. The third-order valence-corrected chi connectivity index (χ3v) is 4.95. The van der Waals surface area contributed by atoms with Crippen LogP contribution >= 0.6 is 0 Å². The molecule has 3 heterocycles. The quantitative estimate of drug-likeness (QED) is 0.739. The number of hydrogen-bond acceptors (Lipinski definition) is 5. The van der Waals surface area contributed by atoms with Gasteiger partial charge in [-0.3, -0.25) is 9.78 Å². The maximum atomic E-state index is 12.9. The van der Waals surface area contributed by atoms with Gasteiger partial charge in [0.1, 0.15) is 11.9 Å². The summed E-state index contributed by atoms with van der Waals surface area (Å²) in [6, 6.07) is 13.5. The fourth-order valence-corrected chi connectivity index (χ4v) is 3.36. The van der Waals surface area contributed by atoms with Gasteiger partial charge < -0.3 is 10.2 Å². The lowest BCUT2D eigenvalue weighted by molar-refractivity contribution is -0.117. The van der Waals surface area contributed by atoms with Gasteiger partial charge in [-0.1, -0.05) is 24.6 Å². The number of benzene rings is 1. The number of amides is 1. The van der Waals surface area contributed by atoms with E-state index in [9.17, 15) is 4.79 Å². The number of carbonyl (C=O) groups is 1. The Morgan fingerprint density at radius 1 is 1.11 bits per heavy atom. The number of nitrogens with zero attached hydrogens (tertiary/aromatic N) is 4. The molecular formula is C22H23N5O. The highest BCUT2D eigenvalue weighted by molar-refractivity contribution is 6.00. The van der Waals surface area contributed by atoms with Gasteiger partial charge in [-0.25, -0.2) is 9.97 Å². The van der Waals surface area contributed by atoms with Gasteiger partial charge in [0.15, 0.2) is 5.82 Å². The molecule has 1 amide bonds. The summed E-state index contributed by atoms with van der Waals surface area (Å²) in [6.45, 7) is 4.80. The molecule has 1 N–H and O–H groups in total. The summed E-state index contributed by atoms with van der Waals surface area (Å²) in [5.74, 6) is 1.40. The van der Waals surface area contributed by atoms with Gasteiger partial charge in [-0.15, -0.1) is 0 Å². The van der Waals surface area contributed by atoms with E-state index < -0.39 is 0 Å². The number of pyridine rings is 1. The van der Waals surface area contributed by atoms with Gasteiger partial charge in [-0.05, 0) is 44.0 Å². The summed E-state index contributed by atoms with van der Waals surface area (Å²) in [5.41, 5.74) is 3.97. The zero-order valence-electron chi connectivity index (χ0n) is 16.1. The summed E-state index contributed by atoms with van der Waals surface area (Å²) in [4.78, 5) is 28.1. The summed E-state index contributed by atoms with van der Waals surface area (Å²) < 4.78 is 0. The van der Waals surface area contributed by atoms with Crippen LogP contribution in [0.5, 0.6) is 0 Å². The average molecular weight is 373 g/mol. The maximum Gasteiger partial charge on any atom is 0.249 e. The van der Waals surface area contributed by atoms with Gasteiger partial charge in [-0.2, -0.15) is 0 Å². The SMILES string of the molecule is CCc1cc(NC2CCN(c3ccc(C)cc3)C2=O)nc(-c2ccncc2)n1. The van der Waals surface area contributed by atoms with E-state index in [0.717, 1.165) is 29.8 Å². The molecule has 3 aromatic rings. The Hall–Kier alpha value is -3.28. The molecule has 28 heavy (non-hydrogen) atoms. The zero-order chi connectivity index (χ0) is 19.5. The Kier molecular flexibility index (Phi) is 5.02. The van der Waals surface area contributed by atoms with Crippen molar-refractivity contribution >= 4 is 17.4 Å². The monoisotopic (exact) mass is 373 g/mol. The van der Waals surface area contributed by atoms with Gasteiger partial charge in [0.25, 0.3) is 0 Å². The number of nitrogens with one attached hydrogen (secondary N) is 1. The Balaban J connectivity index is 1.56. The molecule has 0 saturated carbocycles. The molecule has 1 aliphatic rings. The molecule has 142 valence electrons. The van der Waals surface area contributed by atoms with E-state index in [2.05, 4.69) is 27.2 Å². The first kappa shape index (κ1) is 18.1. The number of carbonyl (C=O) groups excluding carboxylic acids is 1. The van der Waals surface area contributed by atoms with Crippen LogP contribution in [-0.2, 0) is 11.2 Å². The number of hydrogen-bond donors (Lipinski definition) is 1. The van der Waals surface area contributed by atoms with Crippen molar-refractivity contribution in [3.8, 4) is 11.4 Å². The van der Waals surface area contributed by atoms with Crippen molar-refractivity contribution in [3.63, 3.8) is 0 Å². The molecule has 2 aromatic heterocycles. The first-order chi connectivity index (χ1) is 13.6. The molecule has 1 aliphatic heterocycles. The molecule has 1 saturated heterocycles. The molecule has 0 spiro atoms. The molecule has 1 aromatic carbocycles. The van der Waals surface area contributed by atoms with Crippen LogP contribution in [0.15, 0.2) is 54.9 Å². The smallest absolute Gasteiger partial charge is 0.249 e. The molecule has 1 unspecified atom stereocenters. The molecule has 0 bridgehead atoms. The average Bonchev–Trinajstić information content (AvgIpc) is 3.09. The summed E-state index contributed by atoms with van der Waals surface area (Å²) in [5, 5.41) is 3.33. The number of aryl methyl sites for hydroxylation is 2. The lowest BCUT2D eigenvalue weighted by atomic mass is 10.2.